The summed E-state index contributed by atoms with van der Waals surface area (Å²) >= 11 is 18.2. The third-order valence-electron chi connectivity index (χ3n) is 2.78. The van der Waals surface area contributed by atoms with E-state index in [2.05, 4.69) is 10.3 Å². The van der Waals surface area contributed by atoms with Crippen LogP contribution in [-0.2, 0) is 5.41 Å². The molecule has 0 aliphatic rings. The van der Waals surface area contributed by atoms with Crippen LogP contribution in [-0.4, -0.2) is 26.1 Å². The van der Waals surface area contributed by atoms with Crippen molar-refractivity contribution in [2.75, 3.05) is 0 Å². The van der Waals surface area contributed by atoms with E-state index in [4.69, 9.17) is 34.8 Å². The summed E-state index contributed by atoms with van der Waals surface area (Å²) in [4.78, 5) is 11.3. The van der Waals surface area contributed by atoms with Crippen LogP contribution in [0.1, 0.15) is 37.0 Å². The standard InChI is InChI=1S/C13H12Cl3N3O2/c1-13(2,3)11-9(12(20)21)17-18-19(11)10-7(15)4-6(14)5-8(10)16/h4-5H,1-3H3,(H,20,21). The third-order valence-corrected chi connectivity index (χ3v) is 3.57. The van der Waals surface area contributed by atoms with Crippen LogP contribution >= 0.6 is 34.8 Å². The number of hydrogen-bond acceptors (Lipinski definition) is 3. The first kappa shape index (κ1) is 16.1. The Hall–Kier alpha value is -1.30. The van der Waals surface area contributed by atoms with Crippen LogP contribution < -0.4 is 0 Å². The van der Waals surface area contributed by atoms with Crippen molar-refractivity contribution in [3.63, 3.8) is 0 Å². The van der Waals surface area contributed by atoms with Crippen LogP contribution in [0.25, 0.3) is 5.69 Å². The molecule has 0 aliphatic heterocycles. The third kappa shape index (κ3) is 3.00. The molecule has 0 fully saturated rings. The van der Waals surface area contributed by atoms with Crippen molar-refractivity contribution in [2.45, 2.75) is 26.2 Å². The summed E-state index contributed by atoms with van der Waals surface area (Å²) in [6.45, 7) is 5.56. The van der Waals surface area contributed by atoms with Gasteiger partial charge in [-0.3, -0.25) is 0 Å². The van der Waals surface area contributed by atoms with E-state index in [0.717, 1.165) is 0 Å². The second-order valence-electron chi connectivity index (χ2n) is 5.47. The predicted octanol–water partition coefficient (Wildman–Crippen LogP) is 4.22. The topological polar surface area (TPSA) is 68.0 Å². The molecule has 1 aromatic heterocycles. The van der Waals surface area contributed by atoms with E-state index in [-0.39, 0.29) is 15.7 Å². The number of carboxylic acids is 1. The average Bonchev–Trinajstić information content (AvgIpc) is 2.71. The second kappa shape index (κ2) is 5.48. The predicted molar refractivity (Wildman–Crippen MR) is 82.0 cm³/mol. The van der Waals surface area contributed by atoms with Crippen LogP contribution in [0.4, 0.5) is 0 Å². The maximum absolute atomic E-state index is 11.3. The first-order valence-corrected chi connectivity index (χ1v) is 7.10. The van der Waals surface area contributed by atoms with Crippen molar-refractivity contribution >= 4 is 40.8 Å². The van der Waals surface area contributed by atoms with Gasteiger partial charge in [0.05, 0.1) is 15.7 Å². The normalized spacial score (nSPS) is 11.7. The van der Waals surface area contributed by atoms with Gasteiger partial charge < -0.3 is 5.11 Å². The molecule has 0 amide bonds. The molecule has 1 heterocycles. The summed E-state index contributed by atoms with van der Waals surface area (Å²) in [5.74, 6) is -1.16. The molecule has 1 aromatic carbocycles. The number of benzene rings is 1. The average molecular weight is 349 g/mol. The van der Waals surface area contributed by atoms with Gasteiger partial charge in [-0.1, -0.05) is 60.8 Å². The van der Waals surface area contributed by atoms with E-state index in [0.29, 0.717) is 16.4 Å². The first-order chi connectivity index (χ1) is 9.62. The molecule has 2 rings (SSSR count). The van der Waals surface area contributed by atoms with Gasteiger partial charge in [-0.05, 0) is 12.1 Å². The number of aromatic carboxylic acids is 1. The van der Waals surface area contributed by atoms with Crippen molar-refractivity contribution in [1.29, 1.82) is 0 Å². The van der Waals surface area contributed by atoms with Crippen LogP contribution in [0.3, 0.4) is 0 Å². The van der Waals surface area contributed by atoms with Gasteiger partial charge in [0, 0.05) is 10.4 Å². The Bertz CT molecular complexity index is 697. The lowest BCUT2D eigenvalue weighted by Gasteiger charge is -2.21. The molecule has 0 saturated heterocycles. The monoisotopic (exact) mass is 347 g/mol. The first-order valence-electron chi connectivity index (χ1n) is 5.97. The summed E-state index contributed by atoms with van der Waals surface area (Å²) < 4.78 is 1.35. The van der Waals surface area contributed by atoms with Gasteiger partial charge in [0.15, 0.2) is 5.69 Å². The number of nitrogens with zero attached hydrogens (tertiary/aromatic N) is 3. The molecule has 0 spiro atoms. The highest BCUT2D eigenvalue weighted by atomic mass is 35.5. The van der Waals surface area contributed by atoms with Gasteiger partial charge >= 0.3 is 5.97 Å². The minimum absolute atomic E-state index is 0.135. The van der Waals surface area contributed by atoms with Crippen molar-refractivity contribution in [3.05, 3.63) is 38.6 Å². The highest BCUT2D eigenvalue weighted by Crippen LogP contribution is 2.35. The quantitative estimate of drug-likeness (QED) is 0.882. The van der Waals surface area contributed by atoms with Gasteiger partial charge in [-0.2, -0.15) is 0 Å². The molecule has 0 bridgehead atoms. The number of carbonyl (C=O) groups is 1. The van der Waals surface area contributed by atoms with Gasteiger partial charge in [-0.25, -0.2) is 9.48 Å². The number of carboxylic acid groups (broad SMARTS) is 1. The summed E-state index contributed by atoms with van der Waals surface area (Å²) in [5.41, 5.74) is 0.0992. The van der Waals surface area contributed by atoms with Gasteiger partial charge in [0.2, 0.25) is 0 Å². The summed E-state index contributed by atoms with van der Waals surface area (Å²) in [7, 11) is 0. The van der Waals surface area contributed by atoms with Crippen molar-refractivity contribution < 1.29 is 9.90 Å². The molecule has 21 heavy (non-hydrogen) atoms. The van der Waals surface area contributed by atoms with Crippen molar-refractivity contribution in [3.8, 4) is 5.69 Å². The van der Waals surface area contributed by atoms with Gasteiger partial charge in [-0.15, -0.1) is 5.10 Å². The Morgan fingerprint density at radius 2 is 1.71 bits per heavy atom. The van der Waals surface area contributed by atoms with Crippen molar-refractivity contribution in [2.24, 2.45) is 0 Å². The van der Waals surface area contributed by atoms with Crippen LogP contribution in [0.15, 0.2) is 12.1 Å². The van der Waals surface area contributed by atoms with Gasteiger partial charge in [0.1, 0.15) is 5.69 Å². The molecular weight excluding hydrogens is 337 g/mol. The van der Waals surface area contributed by atoms with E-state index in [1.807, 2.05) is 20.8 Å². The molecule has 112 valence electrons. The van der Waals surface area contributed by atoms with Crippen LogP contribution in [0, 0.1) is 0 Å². The zero-order chi connectivity index (χ0) is 15.9. The molecule has 0 aliphatic carbocycles. The van der Waals surface area contributed by atoms with Crippen molar-refractivity contribution in [1.82, 2.24) is 15.0 Å². The molecule has 1 N–H and O–H groups in total. The second-order valence-corrected chi connectivity index (χ2v) is 6.72. The number of aromatic nitrogens is 3. The molecule has 0 saturated carbocycles. The molecule has 0 unspecified atom stereocenters. The number of halogens is 3. The summed E-state index contributed by atoms with van der Waals surface area (Å²) in [6.07, 6.45) is 0. The van der Waals surface area contributed by atoms with Crippen LogP contribution in [0.5, 0.6) is 0 Å². The molecule has 0 radical (unpaired) electrons. The van der Waals surface area contributed by atoms with E-state index in [9.17, 15) is 9.90 Å². The number of rotatable bonds is 2. The smallest absolute Gasteiger partial charge is 0.358 e. The van der Waals surface area contributed by atoms with Crippen LogP contribution in [0.2, 0.25) is 15.1 Å². The lowest BCUT2D eigenvalue weighted by molar-refractivity contribution is 0.0687. The largest absolute Gasteiger partial charge is 0.476 e. The fraction of sp³-hybridized carbons (Fsp3) is 0.308. The summed E-state index contributed by atoms with van der Waals surface area (Å²) in [5, 5.41) is 17.8. The molecular formula is C13H12Cl3N3O2. The Balaban J connectivity index is 2.80. The Kier molecular flexibility index (Phi) is 4.19. The fourth-order valence-electron chi connectivity index (χ4n) is 1.99. The van der Waals surface area contributed by atoms with E-state index in [1.165, 1.54) is 16.8 Å². The number of hydrogen-bond donors (Lipinski definition) is 1. The highest BCUT2D eigenvalue weighted by Gasteiger charge is 2.31. The zero-order valence-corrected chi connectivity index (χ0v) is 13.8. The minimum Gasteiger partial charge on any atom is -0.476 e. The van der Waals surface area contributed by atoms with Gasteiger partial charge in [0.25, 0.3) is 0 Å². The fourth-order valence-corrected chi connectivity index (χ4v) is 2.97. The highest BCUT2D eigenvalue weighted by molar-refractivity contribution is 6.40. The molecule has 5 nitrogen and oxygen atoms in total. The molecule has 0 atom stereocenters. The summed E-state index contributed by atoms with van der Waals surface area (Å²) in [6, 6.07) is 3.03. The maximum atomic E-state index is 11.3. The van der Waals surface area contributed by atoms with E-state index < -0.39 is 11.4 Å². The Morgan fingerprint density at radius 1 is 1.19 bits per heavy atom. The minimum atomic E-state index is -1.16. The molecule has 2 aromatic rings. The van der Waals surface area contributed by atoms with E-state index >= 15 is 0 Å². The SMILES string of the molecule is CC(C)(C)c1c(C(=O)O)nnn1-c1c(Cl)cc(Cl)cc1Cl. The lowest BCUT2D eigenvalue weighted by Crippen LogP contribution is -2.21. The Labute approximate surface area is 136 Å². The maximum Gasteiger partial charge on any atom is 0.358 e. The zero-order valence-electron chi connectivity index (χ0n) is 11.5. The lowest BCUT2D eigenvalue weighted by atomic mass is 9.90. The van der Waals surface area contributed by atoms with E-state index in [1.54, 1.807) is 0 Å². The molecule has 8 heteroatoms. The Morgan fingerprint density at radius 3 is 2.14 bits per heavy atom.